The summed E-state index contributed by atoms with van der Waals surface area (Å²) in [5.74, 6) is -6.06. The second-order valence-corrected chi connectivity index (χ2v) is 20.7. The number of halogens is 13. The Kier molecular flexibility index (Phi) is 37.0. The van der Waals surface area contributed by atoms with Crippen LogP contribution < -0.4 is 49.2 Å². The van der Waals surface area contributed by atoms with Crippen LogP contribution in [0.2, 0.25) is 0 Å². The van der Waals surface area contributed by atoms with Crippen LogP contribution in [-0.2, 0) is 68.1 Å². The van der Waals surface area contributed by atoms with Crippen molar-refractivity contribution in [2.24, 2.45) is 5.73 Å². The van der Waals surface area contributed by atoms with E-state index in [1.165, 1.54) is 43.2 Å². The van der Waals surface area contributed by atoms with Gasteiger partial charge in [-0.15, -0.1) is 0 Å². The van der Waals surface area contributed by atoms with Crippen LogP contribution in [0.4, 0.5) is 63.6 Å². The van der Waals surface area contributed by atoms with Gasteiger partial charge in [0, 0.05) is 44.4 Å². The Hall–Kier alpha value is -10.0. The molecule has 2 aromatic carbocycles. The molecule has 5 N–H and O–H groups in total. The summed E-state index contributed by atoms with van der Waals surface area (Å²) in [6.45, 7) is 1.82. The third-order valence-electron chi connectivity index (χ3n) is 11.3. The number of ether oxygens (including phenoxy) is 6. The summed E-state index contributed by atoms with van der Waals surface area (Å²) in [6, 6.07) is 18.2. The minimum atomic E-state index is -6.22. The zero-order valence-corrected chi connectivity index (χ0v) is 55.3. The van der Waals surface area contributed by atoms with Gasteiger partial charge in [-0.25, -0.2) is 24.0 Å². The van der Waals surface area contributed by atoms with Crippen LogP contribution in [0.25, 0.3) is 0 Å². The number of rotatable bonds is 12. The quantitative estimate of drug-likeness (QED) is 0.0362. The number of aromatic nitrogens is 5. The van der Waals surface area contributed by atoms with E-state index >= 15 is 0 Å². The van der Waals surface area contributed by atoms with Gasteiger partial charge in [-0.3, -0.25) is 14.4 Å². The monoisotopic (exact) mass is 1560 g/mol. The number of methoxy groups -OCH3 is 4. The Balaban J connectivity index is 0.00000120. The first kappa shape index (κ1) is 92.0. The Morgan fingerprint density at radius 3 is 1.29 bits per heavy atom. The normalized spacial score (nSPS) is 13.7. The van der Waals surface area contributed by atoms with Crippen molar-refractivity contribution in [1.29, 1.82) is 0 Å². The first-order chi connectivity index (χ1) is 46.0. The number of aryl methyl sites for hydroxylation is 1. The van der Waals surface area contributed by atoms with Crippen molar-refractivity contribution in [2.45, 2.75) is 74.8 Å². The molecule has 7 heterocycles. The van der Waals surface area contributed by atoms with Crippen LogP contribution >= 0.6 is 15.9 Å². The number of likely N-dealkylation sites (N-methyl/N-ethyl adjacent to an activating group) is 2. The summed E-state index contributed by atoms with van der Waals surface area (Å²) >= 11 is 3.16. The number of para-hydroxylation sites is 4. The van der Waals surface area contributed by atoms with Crippen molar-refractivity contribution in [3.63, 3.8) is 0 Å². The van der Waals surface area contributed by atoms with Crippen molar-refractivity contribution in [3.8, 4) is 11.5 Å². The smallest absolute Gasteiger partial charge is 0.870 e. The number of carboxylic acid groups (broad SMARTS) is 1. The summed E-state index contributed by atoms with van der Waals surface area (Å²) in [4.78, 5) is 91.5. The molecule has 9 rings (SSSR count). The van der Waals surface area contributed by atoms with Gasteiger partial charge in [0.05, 0.1) is 45.1 Å². The number of amides is 3. The molecule has 0 aliphatic carbocycles. The number of esters is 4. The second kappa shape index (κ2) is 41.0. The summed E-state index contributed by atoms with van der Waals surface area (Å²) in [5, 5.41) is 22.4. The van der Waals surface area contributed by atoms with E-state index in [2.05, 4.69) is 84.1 Å². The molecule has 7 aromatic rings. The molecular weight excluding hydrogens is 1500 g/mol. The number of benzene rings is 2. The summed E-state index contributed by atoms with van der Waals surface area (Å²) in [6.07, 6.45) is -17.2. The fourth-order valence-corrected chi connectivity index (χ4v) is 7.36. The fourth-order valence-electron chi connectivity index (χ4n) is 6.82. The van der Waals surface area contributed by atoms with Gasteiger partial charge in [0.25, 0.3) is 11.8 Å². The number of carbonyl (C=O) groups excluding carboxylic acids is 7. The standard InChI is InChI=1S/C16H14F3N3O4.C10H12N2O2.C7H6F3NO3.C6H6BrNO3.C6H4F3NO3.C6H7NO3.C3H3F3O4S.CH4.Li.H2O/c1-22-12-4-2-3-5-13(12)25-8-11(15(22)24)20-14(23)10-6-9(26-21-10)7-16(17,18)19;1-12-8-4-2-3-5-9(8)14-6-7(11)10(12)13;1-13-6(12)5-2-4(14-11-5)3-7(8,9)10;1-10-6(9)5-2-4(3-7)11-8-5;7-6(8,9)2-3-1-4(5(11)12)10-13-3;1-4-3-5(7-10-4)6(8)9-2;1-10-2(7)3(4,5)11(6,8)9;;;/h2-6,11H,7-8H2,1H3,(H,20,23);2-5,7H,6,11H2,1H3;2H,3H2,1H3;2H,3H2,1H3;1H,2H2,(H,11,12);3H,1-2H3;1H3;1H4;;1H2/q;;;;;;;;+1;/p-1/t11-;7-;;;;;;;;/m00......../s1. The molecule has 102 heavy (non-hydrogen) atoms. The van der Waals surface area contributed by atoms with Crippen LogP contribution in [0, 0.1) is 6.92 Å². The average molecular weight is 1560 g/mol. The number of nitrogens with two attached hydrogens (primary N) is 1. The minimum Gasteiger partial charge on any atom is -0.870 e. The van der Waals surface area contributed by atoms with E-state index in [4.69, 9.17) is 24.8 Å². The second-order valence-electron chi connectivity index (χ2n) is 18.8. The molecule has 3 amide bonds. The Labute approximate surface area is 587 Å². The van der Waals surface area contributed by atoms with Crippen molar-refractivity contribution in [2.75, 3.05) is 65.5 Å². The molecule has 47 heteroatoms. The number of aromatic carboxylic acids is 1. The molecule has 2 aliphatic heterocycles. The Morgan fingerprint density at radius 2 is 0.941 bits per heavy atom. The predicted octanol–water partition coefficient (Wildman–Crippen LogP) is 4.99. The zero-order chi connectivity index (χ0) is 75.0. The maximum Gasteiger partial charge on any atom is 1.00 e. The number of alkyl halides is 12. The first-order valence-corrected chi connectivity index (χ1v) is 29.0. The van der Waals surface area contributed by atoms with Crippen LogP contribution in [0.1, 0.15) is 88.7 Å². The largest absolute Gasteiger partial charge is 1.00 e. The molecular formula is C55H57BrF12LiN9O23S. The zero-order valence-electron chi connectivity index (χ0n) is 52.9. The number of carbonyl (C=O) groups is 8. The number of hydrogen-bond acceptors (Lipinski definition) is 28. The molecule has 2 atom stereocenters. The molecule has 0 saturated carbocycles. The molecule has 0 radical (unpaired) electrons. The predicted molar refractivity (Wildman–Crippen MR) is 316 cm³/mol. The third-order valence-corrected chi connectivity index (χ3v) is 12.7. The number of anilines is 2. The molecule has 0 unspecified atom stereocenters. The molecule has 0 bridgehead atoms. The topological polar surface area (TPSA) is 451 Å². The molecule has 0 fully saturated rings. The van der Waals surface area contributed by atoms with Gasteiger partial charge in [-0.1, -0.05) is 77.3 Å². The molecule has 2 aliphatic rings. The number of nitrogens with one attached hydrogen (secondary N) is 1. The van der Waals surface area contributed by atoms with E-state index in [0.29, 0.717) is 41.1 Å². The van der Waals surface area contributed by atoms with E-state index < -0.39 is 130 Å². The first-order valence-electron chi connectivity index (χ1n) is 26.5. The SMILES string of the molecule is C.CN1C(=O)[C@@H](N)COc2ccccc21.CN1C(=O)[C@@H](NC(=O)c2cc(CC(F)(F)F)on2)COc2ccccc21.COC(=O)C(F)(F)S(=O)(=O)F.COC(=O)c1cc(C)on1.COC(=O)c1cc(CBr)on1.COC(=O)c1cc(CC(F)(F)F)on1.O=C(O)c1cc(CC(F)(F)F)on1.[Li+].[OH-]. The van der Waals surface area contributed by atoms with Crippen molar-refractivity contribution < 1.29 is 179 Å². The molecule has 32 nitrogen and oxygen atoms in total. The van der Waals surface area contributed by atoms with E-state index in [9.17, 15) is 99.0 Å². The molecule has 5 aromatic heterocycles. The van der Waals surface area contributed by atoms with Gasteiger partial charge in [-0.2, -0.15) is 56.7 Å². The van der Waals surface area contributed by atoms with Gasteiger partial charge >= 0.3 is 82.7 Å². The van der Waals surface area contributed by atoms with Crippen LogP contribution in [0.3, 0.4) is 0 Å². The van der Waals surface area contributed by atoms with Crippen molar-refractivity contribution in [3.05, 3.63) is 136 Å². The van der Waals surface area contributed by atoms with E-state index in [1.54, 1.807) is 38.2 Å². The number of carboxylic acids is 1. The maximum absolute atomic E-state index is 12.5. The summed E-state index contributed by atoms with van der Waals surface area (Å²) < 4.78 is 212. The molecule has 558 valence electrons. The van der Waals surface area contributed by atoms with Gasteiger partial charge in [-0.05, 0) is 31.2 Å². The Morgan fingerprint density at radius 1 is 0.588 bits per heavy atom. The van der Waals surface area contributed by atoms with E-state index in [-0.39, 0.29) is 73.7 Å². The maximum atomic E-state index is 12.5. The molecule has 0 spiro atoms. The summed E-state index contributed by atoms with van der Waals surface area (Å²) in [7, 11) is 1.22. The van der Waals surface area contributed by atoms with E-state index in [0.717, 1.165) is 31.0 Å². The van der Waals surface area contributed by atoms with Gasteiger partial charge < -0.3 is 82.5 Å². The number of hydrogen-bond donors (Lipinski definition) is 3. The van der Waals surface area contributed by atoms with E-state index in [1.807, 2.05) is 24.3 Å². The number of fused-ring (bicyclic) bond motifs is 2. The van der Waals surface area contributed by atoms with Gasteiger partial charge in [0.15, 0.2) is 28.5 Å². The van der Waals surface area contributed by atoms with Crippen LogP contribution in [0.15, 0.2) is 101 Å². The number of nitrogens with zero attached hydrogens (tertiary/aromatic N) is 7. The summed E-state index contributed by atoms with van der Waals surface area (Å²) in [5.41, 5.74) is 6.20. The average Bonchev–Trinajstić information content (AvgIpc) is 1.06. The molecule has 0 saturated heterocycles. The van der Waals surface area contributed by atoms with Crippen molar-refractivity contribution in [1.82, 2.24) is 31.1 Å². The van der Waals surface area contributed by atoms with Gasteiger partial charge in [0.2, 0.25) is 5.91 Å². The Bertz CT molecular complexity index is 4000. The fraction of sp³-hybridized carbons (Fsp3) is 0.364. The van der Waals surface area contributed by atoms with Crippen LogP contribution in [0.5, 0.6) is 11.5 Å². The van der Waals surface area contributed by atoms with Gasteiger partial charge in [0.1, 0.15) is 84.9 Å². The minimum absolute atomic E-state index is 0. The third kappa shape index (κ3) is 29.6. The van der Waals surface area contributed by atoms with Crippen LogP contribution in [-0.4, -0.2) is 184 Å². The van der Waals surface area contributed by atoms with Crippen molar-refractivity contribution >= 4 is 85.1 Å².